The Morgan fingerprint density at radius 2 is 2.33 bits per heavy atom. The van der Waals surface area contributed by atoms with Crippen LogP contribution in [0, 0.1) is 5.92 Å². The minimum absolute atomic E-state index is 0.417. The van der Waals surface area contributed by atoms with E-state index in [0.29, 0.717) is 5.92 Å². The first kappa shape index (κ1) is 9.79. The van der Waals surface area contributed by atoms with Gasteiger partial charge in [-0.3, -0.25) is 0 Å². The van der Waals surface area contributed by atoms with E-state index in [1.807, 2.05) is 0 Å². The summed E-state index contributed by atoms with van der Waals surface area (Å²) in [5.74, 6) is 0.441. The van der Waals surface area contributed by atoms with Crippen molar-refractivity contribution in [3.05, 3.63) is 11.6 Å². The van der Waals surface area contributed by atoms with E-state index in [4.69, 9.17) is 0 Å². The first-order valence-corrected chi connectivity index (χ1v) is 4.96. The van der Waals surface area contributed by atoms with Crippen LogP contribution in [0.4, 0.5) is 0 Å². The molecule has 1 aliphatic rings. The lowest BCUT2D eigenvalue weighted by Crippen LogP contribution is -2.33. The third-order valence-corrected chi connectivity index (χ3v) is 3.03. The molecule has 12 heavy (non-hydrogen) atoms. The first-order valence-electron chi connectivity index (χ1n) is 4.96. The molecule has 0 aromatic heterocycles. The molecule has 1 N–H and O–H groups in total. The second-order valence-corrected chi connectivity index (χ2v) is 4.22. The number of rotatable bonds is 3. The molecule has 0 fully saturated rings. The largest absolute Gasteiger partial charge is 0.389 e. The van der Waals surface area contributed by atoms with Crippen molar-refractivity contribution in [3.8, 4) is 0 Å². The SMILES string of the molecule is CCCC(C)C1(O)CC=C(C)C1. The summed E-state index contributed by atoms with van der Waals surface area (Å²) in [6, 6.07) is 0. The molecule has 1 nitrogen and oxygen atoms in total. The fraction of sp³-hybridized carbons (Fsp3) is 0.818. The van der Waals surface area contributed by atoms with Gasteiger partial charge < -0.3 is 5.11 Å². The maximum Gasteiger partial charge on any atom is 0.0744 e. The molecule has 1 rings (SSSR count). The molecule has 0 saturated carbocycles. The Bertz CT molecular complexity index is 183. The highest BCUT2D eigenvalue weighted by molar-refractivity contribution is 5.14. The lowest BCUT2D eigenvalue weighted by Gasteiger charge is -2.30. The quantitative estimate of drug-likeness (QED) is 0.642. The maximum atomic E-state index is 10.2. The highest BCUT2D eigenvalue weighted by Crippen LogP contribution is 2.36. The van der Waals surface area contributed by atoms with Gasteiger partial charge in [-0.05, 0) is 32.1 Å². The average molecular weight is 168 g/mol. The van der Waals surface area contributed by atoms with Crippen molar-refractivity contribution >= 4 is 0 Å². The first-order chi connectivity index (χ1) is 5.58. The summed E-state index contributed by atoms with van der Waals surface area (Å²) in [5, 5.41) is 10.2. The van der Waals surface area contributed by atoms with E-state index >= 15 is 0 Å². The lowest BCUT2D eigenvalue weighted by molar-refractivity contribution is -0.00445. The third-order valence-electron chi connectivity index (χ3n) is 3.03. The molecule has 0 amide bonds. The molecule has 0 spiro atoms. The highest BCUT2D eigenvalue weighted by atomic mass is 16.3. The zero-order valence-corrected chi connectivity index (χ0v) is 8.43. The molecular weight excluding hydrogens is 148 g/mol. The van der Waals surface area contributed by atoms with Gasteiger partial charge in [0.2, 0.25) is 0 Å². The van der Waals surface area contributed by atoms with Crippen molar-refractivity contribution < 1.29 is 5.11 Å². The molecule has 2 atom stereocenters. The Kier molecular flexibility index (Phi) is 2.94. The fourth-order valence-corrected chi connectivity index (χ4v) is 2.06. The van der Waals surface area contributed by atoms with Crippen LogP contribution < -0.4 is 0 Å². The lowest BCUT2D eigenvalue weighted by atomic mass is 9.83. The van der Waals surface area contributed by atoms with Crippen LogP contribution in [0.3, 0.4) is 0 Å². The molecule has 0 aromatic rings. The van der Waals surface area contributed by atoms with Gasteiger partial charge in [-0.15, -0.1) is 0 Å². The van der Waals surface area contributed by atoms with E-state index in [9.17, 15) is 5.11 Å². The zero-order valence-electron chi connectivity index (χ0n) is 8.43. The molecule has 70 valence electrons. The van der Waals surface area contributed by atoms with Crippen LogP contribution in [0.25, 0.3) is 0 Å². The average Bonchev–Trinajstić information content (AvgIpc) is 2.33. The third kappa shape index (κ3) is 1.89. The Morgan fingerprint density at radius 3 is 2.75 bits per heavy atom. The summed E-state index contributed by atoms with van der Waals surface area (Å²) in [4.78, 5) is 0. The molecule has 1 heteroatoms. The number of hydrogen-bond donors (Lipinski definition) is 1. The van der Waals surface area contributed by atoms with Gasteiger partial charge in [0.15, 0.2) is 0 Å². The van der Waals surface area contributed by atoms with Crippen LogP contribution in [-0.4, -0.2) is 10.7 Å². The van der Waals surface area contributed by atoms with Gasteiger partial charge in [0.25, 0.3) is 0 Å². The molecule has 0 bridgehead atoms. The second-order valence-electron chi connectivity index (χ2n) is 4.22. The van der Waals surface area contributed by atoms with Gasteiger partial charge in [-0.25, -0.2) is 0 Å². The van der Waals surface area contributed by atoms with Gasteiger partial charge in [0.1, 0.15) is 0 Å². The number of aliphatic hydroxyl groups is 1. The monoisotopic (exact) mass is 168 g/mol. The maximum absolute atomic E-state index is 10.2. The standard InChI is InChI=1S/C11H20O/c1-4-5-10(3)11(12)7-6-9(2)8-11/h6,10,12H,4-5,7-8H2,1-3H3. The van der Waals surface area contributed by atoms with Crippen molar-refractivity contribution in [2.45, 2.75) is 52.1 Å². The van der Waals surface area contributed by atoms with Crippen LogP contribution >= 0.6 is 0 Å². The summed E-state index contributed by atoms with van der Waals surface area (Å²) in [5.41, 5.74) is 0.931. The smallest absolute Gasteiger partial charge is 0.0744 e. The minimum Gasteiger partial charge on any atom is -0.389 e. The van der Waals surface area contributed by atoms with Crippen LogP contribution in [0.1, 0.15) is 46.5 Å². The van der Waals surface area contributed by atoms with E-state index in [1.54, 1.807) is 0 Å². The number of hydrogen-bond acceptors (Lipinski definition) is 1. The van der Waals surface area contributed by atoms with Gasteiger partial charge in [-0.2, -0.15) is 0 Å². The molecule has 0 aromatic carbocycles. The van der Waals surface area contributed by atoms with Crippen molar-refractivity contribution in [3.63, 3.8) is 0 Å². The van der Waals surface area contributed by atoms with Crippen molar-refractivity contribution in [1.29, 1.82) is 0 Å². The fourth-order valence-electron chi connectivity index (χ4n) is 2.06. The van der Waals surface area contributed by atoms with E-state index in [2.05, 4.69) is 26.8 Å². The Balaban J connectivity index is 2.51. The summed E-state index contributed by atoms with van der Waals surface area (Å²) >= 11 is 0. The van der Waals surface area contributed by atoms with Crippen LogP contribution in [0.15, 0.2) is 11.6 Å². The molecule has 0 saturated heterocycles. The van der Waals surface area contributed by atoms with Gasteiger partial charge >= 0.3 is 0 Å². The molecule has 0 radical (unpaired) electrons. The van der Waals surface area contributed by atoms with Crippen LogP contribution in [-0.2, 0) is 0 Å². The highest BCUT2D eigenvalue weighted by Gasteiger charge is 2.35. The summed E-state index contributed by atoms with van der Waals surface area (Å²) in [7, 11) is 0. The molecular formula is C11H20O. The van der Waals surface area contributed by atoms with Crippen molar-refractivity contribution in [1.82, 2.24) is 0 Å². The van der Waals surface area contributed by atoms with Gasteiger partial charge in [0.05, 0.1) is 5.60 Å². The van der Waals surface area contributed by atoms with Crippen LogP contribution in [0.5, 0.6) is 0 Å². The normalized spacial score (nSPS) is 31.8. The Morgan fingerprint density at radius 1 is 1.67 bits per heavy atom. The summed E-state index contributed by atoms with van der Waals surface area (Å²) in [6.45, 7) is 6.45. The zero-order chi connectivity index (χ0) is 9.19. The van der Waals surface area contributed by atoms with Gasteiger partial charge in [-0.1, -0.05) is 31.9 Å². The Hall–Kier alpha value is -0.300. The van der Waals surface area contributed by atoms with E-state index < -0.39 is 5.60 Å². The van der Waals surface area contributed by atoms with Gasteiger partial charge in [0, 0.05) is 0 Å². The van der Waals surface area contributed by atoms with Crippen LogP contribution in [0.2, 0.25) is 0 Å². The topological polar surface area (TPSA) is 20.2 Å². The predicted octanol–water partition coefficient (Wildman–Crippen LogP) is 2.89. The van der Waals surface area contributed by atoms with E-state index in [0.717, 1.165) is 19.3 Å². The Labute approximate surface area is 75.5 Å². The molecule has 2 unspecified atom stereocenters. The molecule has 1 aliphatic carbocycles. The second kappa shape index (κ2) is 3.61. The minimum atomic E-state index is -0.417. The predicted molar refractivity (Wildman–Crippen MR) is 52.0 cm³/mol. The van der Waals surface area contributed by atoms with Crippen molar-refractivity contribution in [2.75, 3.05) is 0 Å². The van der Waals surface area contributed by atoms with E-state index in [-0.39, 0.29) is 0 Å². The molecule has 0 heterocycles. The molecule has 0 aliphatic heterocycles. The van der Waals surface area contributed by atoms with Crippen molar-refractivity contribution in [2.24, 2.45) is 5.92 Å². The summed E-state index contributed by atoms with van der Waals surface area (Å²) < 4.78 is 0. The summed E-state index contributed by atoms with van der Waals surface area (Å²) in [6.07, 6.45) is 6.22. The van der Waals surface area contributed by atoms with E-state index in [1.165, 1.54) is 12.0 Å².